The number of carbonyl (C=O) groups is 3. The van der Waals surface area contributed by atoms with E-state index in [0.717, 1.165) is 25.7 Å². The van der Waals surface area contributed by atoms with Gasteiger partial charge in [-0.05, 0) is 26.2 Å². The fourth-order valence-electron chi connectivity index (χ4n) is 1.51. The summed E-state index contributed by atoms with van der Waals surface area (Å²) in [5, 5.41) is 0. The molecule has 0 fully saturated rings. The Morgan fingerprint density at radius 1 is 1.24 bits per heavy atom. The molecule has 0 aliphatic carbocycles. The molecule has 0 heterocycles. The van der Waals surface area contributed by atoms with E-state index in [-0.39, 0.29) is 17.6 Å². The average Bonchev–Trinajstić information content (AvgIpc) is 2.31. The first-order chi connectivity index (χ1) is 8.02. The SMILES string of the molecule is CCC(C)C(=O)N(C=O)CCCCCC(C)=O. The van der Waals surface area contributed by atoms with Crippen molar-refractivity contribution < 1.29 is 14.4 Å². The standard InChI is InChI=1S/C13H23NO3/c1-4-11(2)13(17)14(10-15)9-7-5-6-8-12(3)16/h10-11H,4-9H2,1-3H3. The Bertz CT molecular complexity index is 263. The number of imide groups is 1. The first kappa shape index (κ1) is 15.8. The average molecular weight is 241 g/mol. The van der Waals surface area contributed by atoms with E-state index in [4.69, 9.17) is 0 Å². The van der Waals surface area contributed by atoms with E-state index in [1.165, 1.54) is 4.90 Å². The number of ketones is 1. The van der Waals surface area contributed by atoms with Gasteiger partial charge in [0.15, 0.2) is 0 Å². The maximum absolute atomic E-state index is 11.7. The minimum Gasteiger partial charge on any atom is -0.300 e. The Morgan fingerprint density at radius 3 is 2.35 bits per heavy atom. The molecule has 0 N–H and O–H groups in total. The lowest BCUT2D eigenvalue weighted by Crippen LogP contribution is -2.34. The van der Waals surface area contributed by atoms with Gasteiger partial charge in [-0.2, -0.15) is 0 Å². The Labute approximate surface area is 103 Å². The third kappa shape index (κ3) is 6.87. The van der Waals surface area contributed by atoms with Crippen LogP contribution in [0.3, 0.4) is 0 Å². The van der Waals surface area contributed by atoms with Gasteiger partial charge in [0.05, 0.1) is 0 Å². The summed E-state index contributed by atoms with van der Waals surface area (Å²) in [4.78, 5) is 34.5. The number of carbonyl (C=O) groups excluding carboxylic acids is 3. The monoisotopic (exact) mass is 241 g/mol. The van der Waals surface area contributed by atoms with Gasteiger partial charge in [0, 0.05) is 18.9 Å². The zero-order valence-corrected chi connectivity index (χ0v) is 11.1. The normalized spacial score (nSPS) is 11.9. The van der Waals surface area contributed by atoms with Crippen molar-refractivity contribution >= 4 is 18.1 Å². The Balaban J connectivity index is 3.86. The Hall–Kier alpha value is -1.19. The maximum Gasteiger partial charge on any atom is 0.231 e. The summed E-state index contributed by atoms with van der Waals surface area (Å²) < 4.78 is 0. The highest BCUT2D eigenvalue weighted by molar-refractivity contribution is 5.87. The van der Waals surface area contributed by atoms with Crippen LogP contribution in [0.1, 0.15) is 52.9 Å². The highest BCUT2D eigenvalue weighted by Gasteiger charge is 2.17. The molecule has 98 valence electrons. The molecule has 17 heavy (non-hydrogen) atoms. The van der Waals surface area contributed by atoms with E-state index in [9.17, 15) is 14.4 Å². The van der Waals surface area contributed by atoms with Gasteiger partial charge in [-0.1, -0.05) is 20.3 Å². The summed E-state index contributed by atoms with van der Waals surface area (Å²) in [6.07, 6.45) is 4.42. The van der Waals surface area contributed by atoms with Gasteiger partial charge in [-0.3, -0.25) is 14.5 Å². The molecular weight excluding hydrogens is 218 g/mol. The van der Waals surface area contributed by atoms with Crippen molar-refractivity contribution in [1.82, 2.24) is 4.90 Å². The molecule has 0 aliphatic heterocycles. The molecule has 0 aromatic carbocycles. The lowest BCUT2D eigenvalue weighted by atomic mass is 10.1. The molecule has 0 saturated carbocycles. The summed E-state index contributed by atoms with van der Waals surface area (Å²) >= 11 is 0. The lowest BCUT2D eigenvalue weighted by molar-refractivity contribution is -0.141. The summed E-state index contributed by atoms with van der Waals surface area (Å²) in [6, 6.07) is 0. The molecule has 0 aliphatic rings. The van der Waals surface area contributed by atoms with Crippen molar-refractivity contribution in [2.45, 2.75) is 52.9 Å². The highest BCUT2D eigenvalue weighted by Crippen LogP contribution is 2.07. The van der Waals surface area contributed by atoms with Crippen LogP contribution in [0.15, 0.2) is 0 Å². The smallest absolute Gasteiger partial charge is 0.231 e. The zero-order valence-electron chi connectivity index (χ0n) is 11.1. The molecule has 1 unspecified atom stereocenters. The van der Waals surface area contributed by atoms with Gasteiger partial charge in [0.25, 0.3) is 0 Å². The molecule has 0 bridgehead atoms. The number of amides is 2. The van der Waals surface area contributed by atoms with E-state index in [2.05, 4.69) is 0 Å². The van der Waals surface area contributed by atoms with Crippen LogP contribution in [0.2, 0.25) is 0 Å². The number of hydrogen-bond acceptors (Lipinski definition) is 3. The third-order valence-corrected chi connectivity index (χ3v) is 2.87. The summed E-state index contributed by atoms with van der Waals surface area (Å²) in [5.41, 5.74) is 0. The first-order valence-electron chi connectivity index (χ1n) is 6.28. The second-order valence-electron chi connectivity index (χ2n) is 4.46. The Morgan fingerprint density at radius 2 is 1.88 bits per heavy atom. The van der Waals surface area contributed by atoms with Crippen molar-refractivity contribution in [1.29, 1.82) is 0 Å². The van der Waals surface area contributed by atoms with Crippen LogP contribution in [0.5, 0.6) is 0 Å². The highest BCUT2D eigenvalue weighted by atomic mass is 16.2. The molecule has 0 spiro atoms. The van der Waals surface area contributed by atoms with Gasteiger partial charge >= 0.3 is 0 Å². The molecule has 4 nitrogen and oxygen atoms in total. The van der Waals surface area contributed by atoms with Crippen molar-refractivity contribution in [3.8, 4) is 0 Å². The van der Waals surface area contributed by atoms with Crippen LogP contribution in [-0.2, 0) is 14.4 Å². The van der Waals surface area contributed by atoms with Crippen molar-refractivity contribution in [2.75, 3.05) is 6.54 Å². The van der Waals surface area contributed by atoms with Gasteiger partial charge in [0.1, 0.15) is 5.78 Å². The number of Topliss-reactive ketones (excluding diaryl/α,β-unsaturated/α-hetero) is 1. The second kappa shape index (κ2) is 8.90. The van der Waals surface area contributed by atoms with Crippen molar-refractivity contribution in [2.24, 2.45) is 5.92 Å². The fraction of sp³-hybridized carbons (Fsp3) is 0.769. The quantitative estimate of drug-likeness (QED) is 0.459. The zero-order chi connectivity index (χ0) is 13.3. The largest absolute Gasteiger partial charge is 0.300 e. The van der Waals surface area contributed by atoms with E-state index >= 15 is 0 Å². The van der Waals surface area contributed by atoms with Gasteiger partial charge in [-0.15, -0.1) is 0 Å². The van der Waals surface area contributed by atoms with Crippen molar-refractivity contribution in [3.05, 3.63) is 0 Å². The molecule has 0 saturated heterocycles. The molecule has 0 radical (unpaired) electrons. The van der Waals surface area contributed by atoms with Gasteiger partial charge in [0.2, 0.25) is 12.3 Å². The van der Waals surface area contributed by atoms with Crippen LogP contribution in [0, 0.1) is 5.92 Å². The van der Waals surface area contributed by atoms with E-state index in [1.54, 1.807) is 6.92 Å². The predicted molar refractivity (Wildman–Crippen MR) is 66.4 cm³/mol. The van der Waals surface area contributed by atoms with Crippen LogP contribution in [-0.4, -0.2) is 29.5 Å². The Kier molecular flexibility index (Phi) is 8.28. The minimum atomic E-state index is -0.103. The predicted octanol–water partition coefficient (Wildman–Crippen LogP) is 2.17. The van der Waals surface area contributed by atoms with Gasteiger partial charge in [-0.25, -0.2) is 0 Å². The molecule has 2 amide bonds. The van der Waals surface area contributed by atoms with Crippen molar-refractivity contribution in [3.63, 3.8) is 0 Å². The summed E-state index contributed by atoms with van der Waals surface area (Å²) in [5.74, 6) is -0.0144. The molecule has 1 atom stereocenters. The number of nitrogens with zero attached hydrogens (tertiary/aromatic N) is 1. The van der Waals surface area contributed by atoms with Crippen LogP contribution >= 0.6 is 0 Å². The van der Waals surface area contributed by atoms with Crippen LogP contribution in [0.4, 0.5) is 0 Å². The maximum atomic E-state index is 11.7. The van der Waals surface area contributed by atoms with E-state index in [1.807, 2.05) is 13.8 Å². The number of hydrogen-bond donors (Lipinski definition) is 0. The van der Waals surface area contributed by atoms with E-state index in [0.29, 0.717) is 19.4 Å². The van der Waals surface area contributed by atoms with Gasteiger partial charge < -0.3 is 4.79 Å². The van der Waals surface area contributed by atoms with Crippen LogP contribution < -0.4 is 0 Å². The first-order valence-corrected chi connectivity index (χ1v) is 6.28. The van der Waals surface area contributed by atoms with Crippen LogP contribution in [0.25, 0.3) is 0 Å². The lowest BCUT2D eigenvalue weighted by Gasteiger charge is -2.18. The minimum absolute atomic E-state index is 0.0996. The topological polar surface area (TPSA) is 54.5 Å². The second-order valence-corrected chi connectivity index (χ2v) is 4.46. The molecular formula is C13H23NO3. The molecule has 0 aromatic rings. The number of unbranched alkanes of at least 4 members (excludes halogenated alkanes) is 2. The summed E-state index contributed by atoms with van der Waals surface area (Å²) in [7, 11) is 0. The fourth-order valence-corrected chi connectivity index (χ4v) is 1.51. The van der Waals surface area contributed by atoms with E-state index < -0.39 is 0 Å². The summed E-state index contributed by atoms with van der Waals surface area (Å²) in [6.45, 7) is 5.79. The molecule has 4 heteroatoms. The molecule has 0 rings (SSSR count). The third-order valence-electron chi connectivity index (χ3n) is 2.87. The number of rotatable bonds is 9. The molecule has 0 aromatic heterocycles.